The first kappa shape index (κ1) is 26.6. The summed E-state index contributed by atoms with van der Waals surface area (Å²) in [6.45, 7) is 7.67. The zero-order chi connectivity index (χ0) is 28.7. The molecule has 1 N–H and O–H groups in total. The number of anilines is 1. The fourth-order valence-corrected chi connectivity index (χ4v) is 7.78. The van der Waals surface area contributed by atoms with Crippen molar-refractivity contribution in [2.45, 2.75) is 57.3 Å². The molecule has 2 aromatic carbocycles. The summed E-state index contributed by atoms with van der Waals surface area (Å²) in [5.74, 6) is 0.990. The third-order valence-corrected chi connectivity index (χ3v) is 10.1. The van der Waals surface area contributed by atoms with Crippen LogP contribution < -0.4 is 10.2 Å². The number of carbonyl (C=O) groups excluding carboxylic acids is 1. The van der Waals surface area contributed by atoms with E-state index in [1.165, 1.54) is 11.0 Å². The molecule has 1 aromatic heterocycles. The normalized spacial score (nSPS) is 26.2. The van der Waals surface area contributed by atoms with Gasteiger partial charge in [-0.15, -0.1) is 10.2 Å². The number of fused-ring (bicyclic) bond motifs is 1. The predicted molar refractivity (Wildman–Crippen MR) is 148 cm³/mol. The summed E-state index contributed by atoms with van der Waals surface area (Å²) >= 11 is 0. The van der Waals surface area contributed by atoms with Crippen molar-refractivity contribution >= 4 is 11.6 Å². The van der Waals surface area contributed by atoms with Gasteiger partial charge in [-0.3, -0.25) is 9.69 Å². The molecule has 1 saturated carbocycles. The minimum Gasteiger partial charge on any atom is -0.320 e. The Kier molecular flexibility index (Phi) is 5.93. The van der Waals surface area contributed by atoms with Crippen LogP contribution in [0.5, 0.6) is 0 Å². The third-order valence-electron chi connectivity index (χ3n) is 10.1. The van der Waals surface area contributed by atoms with Crippen molar-refractivity contribution < 1.29 is 18.0 Å². The molecule has 216 valence electrons. The van der Waals surface area contributed by atoms with E-state index < -0.39 is 11.7 Å². The number of nitrogens with one attached hydrogen (secondary N) is 1. The largest absolute Gasteiger partial charge is 0.416 e. The van der Waals surface area contributed by atoms with Crippen LogP contribution >= 0.6 is 0 Å². The van der Waals surface area contributed by atoms with Crippen LogP contribution in [0.4, 0.5) is 18.9 Å². The molecule has 7 nitrogen and oxygen atoms in total. The number of benzene rings is 2. The molecular weight excluding hydrogens is 529 g/mol. The van der Waals surface area contributed by atoms with Crippen molar-refractivity contribution in [3.63, 3.8) is 0 Å². The Balaban J connectivity index is 1.23. The molecule has 3 fully saturated rings. The van der Waals surface area contributed by atoms with E-state index in [9.17, 15) is 18.0 Å². The van der Waals surface area contributed by atoms with Crippen molar-refractivity contribution in [2.24, 2.45) is 18.4 Å². The Bertz CT molecular complexity index is 1520. The second-order valence-corrected chi connectivity index (χ2v) is 12.9. The molecule has 3 aromatic rings. The molecule has 3 aliphatic heterocycles. The number of aromatic nitrogens is 3. The molecule has 1 aliphatic carbocycles. The highest BCUT2D eigenvalue weighted by Crippen LogP contribution is 2.52. The molecule has 0 radical (unpaired) electrons. The number of nitrogens with zero attached hydrogens (tertiary/aromatic N) is 5. The quantitative estimate of drug-likeness (QED) is 0.469. The molecule has 4 heterocycles. The van der Waals surface area contributed by atoms with Gasteiger partial charge in [0.05, 0.1) is 17.5 Å². The number of hydrogen-bond acceptors (Lipinski definition) is 5. The second kappa shape index (κ2) is 9.13. The highest BCUT2D eigenvalue weighted by molar-refractivity contribution is 6.10. The summed E-state index contributed by atoms with van der Waals surface area (Å²) < 4.78 is 45.3. The standard InChI is InChI=1S/C31H35F3N6O/c1-19-12-30(13-19,28-37-36-18-38(28)3)22-5-4-6-23(11-22)40-14-25-24(27(40)41)9-21(10-26(25)31(32,33)34)20(2)39-8-7-29(17-39)15-35-16-29/h4-6,9-11,18-20,35H,7-8,12-17H2,1-3H3/t19?,20-,30?/m0/s1. The van der Waals surface area contributed by atoms with Crippen LogP contribution in [0.2, 0.25) is 0 Å². The summed E-state index contributed by atoms with van der Waals surface area (Å²) in [7, 11) is 1.92. The van der Waals surface area contributed by atoms with Gasteiger partial charge in [-0.1, -0.05) is 19.1 Å². The highest BCUT2D eigenvalue weighted by atomic mass is 19.4. The predicted octanol–water partition coefficient (Wildman–Crippen LogP) is 5.07. The molecule has 0 unspecified atom stereocenters. The Hall–Kier alpha value is -3.24. The number of rotatable bonds is 5. The number of aryl methyl sites for hydroxylation is 1. The molecule has 41 heavy (non-hydrogen) atoms. The summed E-state index contributed by atoms with van der Waals surface area (Å²) in [5.41, 5.74) is 1.57. The summed E-state index contributed by atoms with van der Waals surface area (Å²) in [5, 5.41) is 11.8. The number of carbonyl (C=O) groups is 1. The van der Waals surface area contributed by atoms with Crippen LogP contribution in [0.3, 0.4) is 0 Å². The maximum absolute atomic E-state index is 14.4. The molecule has 10 heteroatoms. The molecule has 2 saturated heterocycles. The Morgan fingerprint density at radius 2 is 1.93 bits per heavy atom. The van der Waals surface area contributed by atoms with Crippen LogP contribution in [-0.2, 0) is 25.2 Å². The van der Waals surface area contributed by atoms with Gasteiger partial charge in [0.25, 0.3) is 5.91 Å². The van der Waals surface area contributed by atoms with Crippen molar-refractivity contribution in [3.8, 4) is 0 Å². The number of halogens is 3. The SMILES string of the molecule is CC1CC(c2cccc(N3Cc4c(cc([C@H](C)N5CCC6(CNC6)C5)cc4C(F)(F)F)C3=O)c2)(c2nncn2C)C1. The average Bonchev–Trinajstić information content (AvgIpc) is 3.63. The van der Waals surface area contributed by atoms with E-state index in [0.29, 0.717) is 17.2 Å². The maximum atomic E-state index is 14.4. The van der Waals surface area contributed by atoms with E-state index in [0.717, 1.165) is 56.8 Å². The molecular formula is C31H35F3N6O. The minimum atomic E-state index is -4.56. The zero-order valence-electron chi connectivity index (χ0n) is 23.6. The number of hydrogen-bond donors (Lipinski definition) is 1. The van der Waals surface area contributed by atoms with Crippen LogP contribution in [-0.4, -0.2) is 51.8 Å². The average molecular weight is 565 g/mol. The zero-order valence-corrected chi connectivity index (χ0v) is 23.6. The highest BCUT2D eigenvalue weighted by Gasteiger charge is 2.49. The van der Waals surface area contributed by atoms with Crippen LogP contribution in [0.1, 0.15) is 77.6 Å². The van der Waals surface area contributed by atoms with E-state index in [-0.39, 0.29) is 40.5 Å². The fourth-order valence-electron chi connectivity index (χ4n) is 7.78. The van der Waals surface area contributed by atoms with Gasteiger partial charge >= 0.3 is 6.18 Å². The lowest BCUT2D eigenvalue weighted by atomic mass is 9.58. The Labute approximate surface area is 237 Å². The smallest absolute Gasteiger partial charge is 0.320 e. The lowest BCUT2D eigenvalue weighted by Crippen LogP contribution is -2.54. The molecule has 1 atom stereocenters. The molecule has 4 aliphatic rings. The summed E-state index contributed by atoms with van der Waals surface area (Å²) in [4.78, 5) is 17.6. The number of amides is 1. The number of likely N-dealkylation sites (tertiary alicyclic amines) is 1. The molecule has 0 bridgehead atoms. The van der Waals surface area contributed by atoms with Crippen LogP contribution in [0.25, 0.3) is 0 Å². The van der Waals surface area contributed by atoms with E-state index in [2.05, 4.69) is 27.3 Å². The van der Waals surface area contributed by atoms with Gasteiger partial charge < -0.3 is 14.8 Å². The summed E-state index contributed by atoms with van der Waals surface area (Å²) in [6, 6.07) is 10.5. The van der Waals surface area contributed by atoms with E-state index >= 15 is 0 Å². The topological polar surface area (TPSA) is 66.3 Å². The van der Waals surface area contributed by atoms with Crippen LogP contribution in [0, 0.1) is 11.3 Å². The lowest BCUT2D eigenvalue weighted by molar-refractivity contribution is -0.138. The first-order chi connectivity index (χ1) is 19.5. The number of alkyl halides is 3. The van der Waals surface area contributed by atoms with Gasteiger partial charge in [-0.2, -0.15) is 13.2 Å². The first-order valence-corrected chi connectivity index (χ1v) is 14.5. The van der Waals surface area contributed by atoms with Gasteiger partial charge in [0, 0.05) is 49.4 Å². The Morgan fingerprint density at radius 3 is 2.54 bits per heavy atom. The first-order valence-electron chi connectivity index (χ1n) is 14.5. The van der Waals surface area contributed by atoms with Crippen molar-refractivity contribution in [2.75, 3.05) is 31.1 Å². The van der Waals surface area contributed by atoms with Gasteiger partial charge in [-0.25, -0.2) is 0 Å². The van der Waals surface area contributed by atoms with E-state index in [1.54, 1.807) is 12.4 Å². The van der Waals surface area contributed by atoms with Gasteiger partial charge in [0.1, 0.15) is 12.2 Å². The van der Waals surface area contributed by atoms with Crippen LogP contribution in [0.15, 0.2) is 42.7 Å². The second-order valence-electron chi connectivity index (χ2n) is 12.9. The Morgan fingerprint density at radius 1 is 1.15 bits per heavy atom. The van der Waals surface area contributed by atoms with Gasteiger partial charge in [-0.05, 0) is 79.6 Å². The lowest BCUT2D eigenvalue weighted by Gasteiger charge is -2.46. The molecule has 1 spiro atoms. The van der Waals surface area contributed by atoms with E-state index in [1.807, 2.05) is 42.8 Å². The molecule has 7 rings (SSSR count). The maximum Gasteiger partial charge on any atom is 0.416 e. The van der Waals surface area contributed by atoms with E-state index in [4.69, 9.17) is 0 Å². The fraction of sp³-hybridized carbons (Fsp3) is 0.516. The van der Waals surface area contributed by atoms with Crippen molar-refractivity contribution in [1.29, 1.82) is 0 Å². The third kappa shape index (κ3) is 4.13. The van der Waals surface area contributed by atoms with Gasteiger partial charge in [0.15, 0.2) is 0 Å². The van der Waals surface area contributed by atoms with Crippen molar-refractivity contribution in [1.82, 2.24) is 25.0 Å². The van der Waals surface area contributed by atoms with Gasteiger partial charge in [0.2, 0.25) is 0 Å². The monoisotopic (exact) mass is 564 g/mol. The molecule has 1 amide bonds. The minimum absolute atomic E-state index is 0.0604. The van der Waals surface area contributed by atoms with Crippen molar-refractivity contribution in [3.05, 3.63) is 76.4 Å². The summed E-state index contributed by atoms with van der Waals surface area (Å²) in [6.07, 6.45) is -0.0414.